The Morgan fingerprint density at radius 1 is 1.21 bits per heavy atom. The molecule has 2 atom stereocenters. The van der Waals surface area contributed by atoms with Crippen LogP contribution in [0.25, 0.3) is 5.57 Å². The van der Waals surface area contributed by atoms with E-state index in [2.05, 4.69) is 56.4 Å². The summed E-state index contributed by atoms with van der Waals surface area (Å²) in [7, 11) is 0. The van der Waals surface area contributed by atoms with Gasteiger partial charge in [-0.25, -0.2) is 0 Å². The zero-order chi connectivity index (χ0) is 26.5. The van der Waals surface area contributed by atoms with E-state index < -0.39 is 5.91 Å². The molecular formula is C33H38N2O3. The number of aliphatic imine (C=N–C) groups is 1. The van der Waals surface area contributed by atoms with Crippen LogP contribution in [0.4, 0.5) is 5.69 Å². The van der Waals surface area contributed by atoms with Crippen LogP contribution in [0, 0.1) is 5.92 Å². The summed E-state index contributed by atoms with van der Waals surface area (Å²) in [4.78, 5) is 17.6. The van der Waals surface area contributed by atoms with Crippen LogP contribution in [0.2, 0.25) is 0 Å². The van der Waals surface area contributed by atoms with Gasteiger partial charge in [0, 0.05) is 12.6 Å². The fourth-order valence-corrected chi connectivity index (χ4v) is 5.65. The molecule has 4 aliphatic rings. The summed E-state index contributed by atoms with van der Waals surface area (Å²) in [6.45, 7) is 5.53. The van der Waals surface area contributed by atoms with Gasteiger partial charge in [0.15, 0.2) is 0 Å². The van der Waals surface area contributed by atoms with Crippen molar-refractivity contribution >= 4 is 23.4 Å². The number of allylic oxidation sites excluding steroid dienone is 10. The van der Waals surface area contributed by atoms with E-state index in [4.69, 9.17) is 20.2 Å². The minimum absolute atomic E-state index is 0.255. The minimum Gasteiger partial charge on any atom is -0.498 e. The Labute approximate surface area is 226 Å². The Morgan fingerprint density at radius 2 is 2.11 bits per heavy atom. The highest BCUT2D eigenvalue weighted by Crippen LogP contribution is 2.46. The van der Waals surface area contributed by atoms with E-state index in [9.17, 15) is 4.79 Å². The number of primary amides is 1. The molecule has 38 heavy (non-hydrogen) atoms. The lowest BCUT2D eigenvalue weighted by Crippen LogP contribution is -2.18. The average Bonchev–Trinajstić information content (AvgIpc) is 2.90. The Kier molecular flexibility index (Phi) is 8.11. The van der Waals surface area contributed by atoms with Crippen LogP contribution in [0.5, 0.6) is 5.75 Å². The van der Waals surface area contributed by atoms with Crippen molar-refractivity contribution in [2.75, 3.05) is 13.2 Å². The lowest BCUT2D eigenvalue weighted by molar-refractivity contribution is 0.0997. The number of hydrogen-bond donors (Lipinski definition) is 1. The highest BCUT2D eigenvalue weighted by Gasteiger charge is 2.29. The van der Waals surface area contributed by atoms with Gasteiger partial charge in [-0.3, -0.25) is 9.79 Å². The number of hydrogen-bond acceptors (Lipinski definition) is 4. The second-order valence-electron chi connectivity index (χ2n) is 10.5. The smallest absolute Gasteiger partial charge is 0.254 e. The van der Waals surface area contributed by atoms with Gasteiger partial charge in [-0.15, -0.1) is 0 Å². The first-order valence-electron chi connectivity index (χ1n) is 14.0. The van der Waals surface area contributed by atoms with Gasteiger partial charge in [0.2, 0.25) is 0 Å². The molecule has 0 bridgehead atoms. The van der Waals surface area contributed by atoms with Crippen molar-refractivity contribution in [3.63, 3.8) is 0 Å². The summed E-state index contributed by atoms with van der Waals surface area (Å²) in [6.07, 6.45) is 25.8. The minimum atomic E-state index is -0.511. The number of nitrogens with zero attached hydrogens (tertiary/aromatic N) is 1. The average molecular weight is 511 g/mol. The number of amides is 1. The van der Waals surface area contributed by atoms with Crippen LogP contribution in [0.1, 0.15) is 86.2 Å². The lowest BCUT2D eigenvalue weighted by atomic mass is 9.81. The van der Waals surface area contributed by atoms with E-state index >= 15 is 0 Å². The monoisotopic (exact) mass is 510 g/mol. The molecule has 198 valence electrons. The summed E-state index contributed by atoms with van der Waals surface area (Å²) in [5, 5.41) is 0. The number of rotatable bonds is 6. The summed E-state index contributed by atoms with van der Waals surface area (Å²) in [6, 6.07) is 2.03. The topological polar surface area (TPSA) is 73.9 Å². The molecule has 1 amide bonds. The molecule has 5 nitrogen and oxygen atoms in total. The standard InChI is InChI=1S/C33H38N2O3/c1-3-24-16-17-35-32-30(24)27(25-11-6-7-13-28-26(19-25)12-8-18-37-28)20-29(31(32)33(34)36)38-21-23-10-5-4-9-22(2)14-15-23/h4-6,9-11,15,17,19-20,22,24H,3,7-8,12-14,16,18,21H2,1-2H3,(H2,34,36). The van der Waals surface area contributed by atoms with Crippen molar-refractivity contribution in [3.05, 3.63) is 88.3 Å². The van der Waals surface area contributed by atoms with Gasteiger partial charge in [-0.2, -0.15) is 0 Å². The van der Waals surface area contributed by atoms with Crippen LogP contribution in [0.3, 0.4) is 0 Å². The second kappa shape index (κ2) is 11.8. The number of benzene rings is 1. The molecule has 5 rings (SSSR count). The molecule has 2 heterocycles. The number of nitrogens with two attached hydrogens (primary N) is 1. The molecule has 2 aliphatic carbocycles. The molecular weight excluding hydrogens is 472 g/mol. The van der Waals surface area contributed by atoms with Crippen LogP contribution in [-0.2, 0) is 4.74 Å². The van der Waals surface area contributed by atoms with E-state index in [1.807, 2.05) is 18.4 Å². The second-order valence-corrected chi connectivity index (χ2v) is 10.5. The predicted molar refractivity (Wildman–Crippen MR) is 155 cm³/mol. The fraction of sp³-hybridized carbons (Fsp3) is 0.394. The van der Waals surface area contributed by atoms with E-state index in [-0.39, 0.29) is 5.92 Å². The fourth-order valence-electron chi connectivity index (χ4n) is 5.65. The summed E-state index contributed by atoms with van der Waals surface area (Å²) < 4.78 is 12.4. The number of fused-ring (bicyclic) bond motifs is 1. The van der Waals surface area contributed by atoms with Crippen LogP contribution >= 0.6 is 0 Å². The van der Waals surface area contributed by atoms with Crippen molar-refractivity contribution in [3.8, 4) is 5.75 Å². The SMILES string of the molecule is CCC1CC=Nc2c(C(N)=O)c(OCC3=CCC(C)C=CC=C3)cc(C3=CC4=C(CCC=C3)OCCC4)c21. The lowest BCUT2D eigenvalue weighted by Gasteiger charge is -2.28. The highest BCUT2D eigenvalue weighted by atomic mass is 16.5. The van der Waals surface area contributed by atoms with Crippen LogP contribution < -0.4 is 10.5 Å². The molecule has 1 aromatic carbocycles. The van der Waals surface area contributed by atoms with Gasteiger partial charge in [-0.05, 0) is 90.3 Å². The molecule has 2 N–H and O–H groups in total. The third kappa shape index (κ3) is 5.62. The van der Waals surface area contributed by atoms with Crippen LogP contribution in [-0.4, -0.2) is 25.3 Å². The first kappa shape index (κ1) is 26.0. The van der Waals surface area contributed by atoms with Gasteiger partial charge >= 0.3 is 0 Å². The first-order valence-corrected chi connectivity index (χ1v) is 14.0. The maximum atomic E-state index is 12.8. The molecule has 0 saturated carbocycles. The molecule has 5 heteroatoms. The Hall–Kier alpha value is -3.60. The molecule has 0 radical (unpaired) electrons. The maximum Gasteiger partial charge on any atom is 0.254 e. The van der Waals surface area contributed by atoms with Gasteiger partial charge in [0.05, 0.1) is 18.1 Å². The Balaban J connectivity index is 1.63. The van der Waals surface area contributed by atoms with Crippen molar-refractivity contribution in [1.82, 2.24) is 0 Å². The molecule has 1 aromatic rings. The number of carbonyl (C=O) groups is 1. The van der Waals surface area contributed by atoms with Crippen LogP contribution in [0.15, 0.2) is 76.6 Å². The number of carbonyl (C=O) groups excluding carboxylic acids is 1. The predicted octanol–water partition coefficient (Wildman–Crippen LogP) is 7.64. The van der Waals surface area contributed by atoms with E-state index in [0.717, 1.165) is 79.6 Å². The maximum absolute atomic E-state index is 12.8. The normalized spacial score (nSPS) is 22.7. The Bertz CT molecular complexity index is 1310. The molecule has 2 aliphatic heterocycles. The van der Waals surface area contributed by atoms with Crippen molar-refractivity contribution in [2.24, 2.45) is 16.6 Å². The van der Waals surface area contributed by atoms with E-state index in [0.29, 0.717) is 29.5 Å². The van der Waals surface area contributed by atoms with Crippen molar-refractivity contribution < 1.29 is 14.3 Å². The first-order chi connectivity index (χ1) is 18.5. The Morgan fingerprint density at radius 3 is 2.95 bits per heavy atom. The summed E-state index contributed by atoms with van der Waals surface area (Å²) in [5.74, 6) is 1.81. The summed E-state index contributed by atoms with van der Waals surface area (Å²) >= 11 is 0. The summed E-state index contributed by atoms with van der Waals surface area (Å²) in [5.41, 5.74) is 12.6. The number of ether oxygens (including phenoxy) is 2. The molecule has 0 saturated heterocycles. The zero-order valence-corrected chi connectivity index (χ0v) is 22.5. The van der Waals surface area contributed by atoms with Gasteiger partial charge in [-0.1, -0.05) is 56.4 Å². The third-order valence-corrected chi connectivity index (χ3v) is 7.77. The van der Waals surface area contributed by atoms with Gasteiger partial charge in [0.1, 0.15) is 17.9 Å². The third-order valence-electron chi connectivity index (χ3n) is 7.77. The highest BCUT2D eigenvalue weighted by molar-refractivity contribution is 6.04. The molecule has 0 fully saturated rings. The largest absolute Gasteiger partial charge is 0.498 e. The van der Waals surface area contributed by atoms with Gasteiger partial charge < -0.3 is 15.2 Å². The van der Waals surface area contributed by atoms with E-state index in [1.165, 1.54) is 5.57 Å². The molecule has 2 unspecified atom stereocenters. The van der Waals surface area contributed by atoms with Gasteiger partial charge in [0.25, 0.3) is 5.91 Å². The van der Waals surface area contributed by atoms with Crippen molar-refractivity contribution in [1.29, 1.82) is 0 Å². The molecule has 0 aromatic heterocycles. The van der Waals surface area contributed by atoms with Crippen molar-refractivity contribution in [2.45, 2.75) is 64.7 Å². The van der Waals surface area contributed by atoms with E-state index in [1.54, 1.807) is 0 Å². The quantitative estimate of drug-likeness (QED) is 0.427. The zero-order valence-electron chi connectivity index (χ0n) is 22.5. The molecule has 0 spiro atoms.